The molecule has 1 aliphatic carbocycles. The van der Waals surface area contributed by atoms with Gasteiger partial charge in [0.15, 0.2) is 5.65 Å². The Hall–Kier alpha value is -2.70. The summed E-state index contributed by atoms with van der Waals surface area (Å²) in [5.74, 6) is 1.10. The van der Waals surface area contributed by atoms with Gasteiger partial charge in [0.05, 0.1) is 12.1 Å². The molecule has 4 rings (SSSR count). The third-order valence-electron chi connectivity index (χ3n) is 4.38. The minimum atomic E-state index is -0.157. The highest BCUT2D eigenvalue weighted by Gasteiger charge is 2.26. The Kier molecular flexibility index (Phi) is 3.55. The van der Waals surface area contributed by atoms with E-state index in [4.69, 9.17) is 4.52 Å². The first-order chi connectivity index (χ1) is 11.6. The van der Waals surface area contributed by atoms with E-state index >= 15 is 0 Å². The summed E-state index contributed by atoms with van der Waals surface area (Å²) in [6, 6.07) is 4.11. The Morgan fingerprint density at radius 2 is 2.21 bits per heavy atom. The first-order valence-corrected chi connectivity index (χ1v) is 8.17. The van der Waals surface area contributed by atoms with Gasteiger partial charge in [-0.2, -0.15) is 0 Å². The largest absolute Gasteiger partial charge is 0.361 e. The summed E-state index contributed by atoms with van der Waals surface area (Å²) >= 11 is 0. The molecule has 3 heterocycles. The van der Waals surface area contributed by atoms with Crippen LogP contribution < -0.4 is 5.32 Å². The molecule has 3 aromatic rings. The topological polar surface area (TPSA) is 85.8 Å². The van der Waals surface area contributed by atoms with Crippen molar-refractivity contribution in [1.29, 1.82) is 0 Å². The Bertz CT molecular complexity index is 907. The van der Waals surface area contributed by atoms with Crippen molar-refractivity contribution in [1.82, 2.24) is 19.7 Å². The number of anilines is 1. The summed E-state index contributed by atoms with van der Waals surface area (Å²) in [5, 5.41) is 6.78. The number of carbonyl (C=O) groups is 1. The molecule has 0 unspecified atom stereocenters. The zero-order valence-electron chi connectivity index (χ0n) is 13.7. The lowest BCUT2D eigenvalue weighted by Crippen LogP contribution is -2.23. The lowest BCUT2D eigenvalue weighted by atomic mass is 9.93. The zero-order chi connectivity index (χ0) is 16.7. The molecule has 0 radical (unpaired) electrons. The first-order valence-electron chi connectivity index (χ1n) is 8.17. The average Bonchev–Trinajstić information content (AvgIpc) is 3.01. The van der Waals surface area contributed by atoms with Crippen molar-refractivity contribution in [3.05, 3.63) is 35.3 Å². The van der Waals surface area contributed by atoms with E-state index in [0.717, 1.165) is 29.6 Å². The van der Waals surface area contributed by atoms with Crippen LogP contribution in [0.5, 0.6) is 0 Å². The number of pyridine rings is 1. The van der Waals surface area contributed by atoms with Gasteiger partial charge in [-0.1, -0.05) is 5.16 Å². The Labute approximate surface area is 139 Å². The van der Waals surface area contributed by atoms with Gasteiger partial charge < -0.3 is 4.52 Å². The molecule has 124 valence electrons. The van der Waals surface area contributed by atoms with E-state index in [1.165, 1.54) is 6.42 Å². The van der Waals surface area contributed by atoms with Crippen LogP contribution in [-0.2, 0) is 11.2 Å². The van der Waals surface area contributed by atoms with E-state index in [-0.39, 0.29) is 12.3 Å². The number of imidazole rings is 1. The maximum Gasteiger partial charge on any atom is 0.232 e. The molecule has 0 bridgehead atoms. The summed E-state index contributed by atoms with van der Waals surface area (Å²) in [7, 11) is 0. The molecule has 0 aliphatic heterocycles. The number of amides is 1. The summed E-state index contributed by atoms with van der Waals surface area (Å²) in [4.78, 5) is 21.5. The average molecular weight is 325 g/mol. The summed E-state index contributed by atoms with van der Waals surface area (Å²) in [6.45, 7) is 3.79. The van der Waals surface area contributed by atoms with Crippen LogP contribution in [0.15, 0.2) is 22.9 Å². The van der Waals surface area contributed by atoms with Crippen LogP contribution in [0.25, 0.3) is 11.2 Å². The number of rotatable bonds is 4. The molecule has 0 saturated heterocycles. The molecule has 1 N–H and O–H groups in total. The molecule has 24 heavy (non-hydrogen) atoms. The van der Waals surface area contributed by atoms with E-state index in [0.29, 0.717) is 23.4 Å². The van der Waals surface area contributed by atoms with Crippen molar-refractivity contribution in [2.45, 2.75) is 45.6 Å². The Balaban J connectivity index is 1.63. The maximum absolute atomic E-state index is 12.3. The lowest BCUT2D eigenvalue weighted by molar-refractivity contribution is -0.115. The van der Waals surface area contributed by atoms with Crippen LogP contribution in [-0.4, -0.2) is 25.6 Å². The number of nitrogens with one attached hydrogen (secondary N) is 1. The van der Waals surface area contributed by atoms with E-state index in [1.807, 2.05) is 19.2 Å². The molecule has 7 nitrogen and oxygen atoms in total. The van der Waals surface area contributed by atoms with Gasteiger partial charge >= 0.3 is 0 Å². The van der Waals surface area contributed by atoms with Gasteiger partial charge in [-0.15, -0.1) is 0 Å². The minimum absolute atomic E-state index is 0.157. The molecular weight excluding hydrogens is 306 g/mol. The van der Waals surface area contributed by atoms with E-state index < -0.39 is 0 Å². The van der Waals surface area contributed by atoms with Gasteiger partial charge in [0.1, 0.15) is 11.3 Å². The fourth-order valence-corrected chi connectivity index (χ4v) is 3.00. The van der Waals surface area contributed by atoms with Gasteiger partial charge in [0, 0.05) is 18.3 Å². The molecule has 1 fully saturated rings. The smallest absolute Gasteiger partial charge is 0.232 e. The fraction of sp³-hybridized carbons (Fsp3) is 0.412. The highest BCUT2D eigenvalue weighted by molar-refractivity contribution is 5.92. The van der Waals surface area contributed by atoms with Crippen molar-refractivity contribution in [3.63, 3.8) is 0 Å². The quantitative estimate of drug-likeness (QED) is 0.797. The zero-order valence-corrected chi connectivity index (χ0v) is 13.7. The summed E-state index contributed by atoms with van der Waals surface area (Å²) < 4.78 is 7.06. The molecule has 1 amide bonds. The third kappa shape index (κ3) is 2.66. The molecule has 1 saturated carbocycles. The van der Waals surface area contributed by atoms with Gasteiger partial charge in [-0.3, -0.25) is 14.7 Å². The number of aromatic nitrogens is 4. The number of nitrogens with zero attached hydrogens (tertiary/aromatic N) is 4. The number of fused-ring (bicyclic) bond motifs is 1. The predicted molar refractivity (Wildman–Crippen MR) is 88.7 cm³/mol. The molecule has 0 atom stereocenters. The highest BCUT2D eigenvalue weighted by atomic mass is 16.5. The molecule has 7 heteroatoms. The van der Waals surface area contributed by atoms with Crippen LogP contribution in [0.1, 0.15) is 42.3 Å². The highest BCUT2D eigenvalue weighted by Crippen LogP contribution is 2.36. The predicted octanol–water partition coefficient (Wildman–Crippen LogP) is 2.94. The number of hydrogen-bond donors (Lipinski definition) is 1. The minimum Gasteiger partial charge on any atom is -0.361 e. The van der Waals surface area contributed by atoms with Crippen LogP contribution in [0.3, 0.4) is 0 Å². The second-order valence-corrected chi connectivity index (χ2v) is 6.40. The van der Waals surface area contributed by atoms with Gasteiger partial charge in [-0.05, 0) is 44.7 Å². The van der Waals surface area contributed by atoms with Gasteiger partial charge in [-0.25, -0.2) is 9.97 Å². The van der Waals surface area contributed by atoms with E-state index in [1.54, 1.807) is 13.0 Å². The van der Waals surface area contributed by atoms with Crippen LogP contribution in [0, 0.1) is 13.8 Å². The van der Waals surface area contributed by atoms with Gasteiger partial charge in [0.25, 0.3) is 0 Å². The SMILES string of the molecule is Cc1cnc2c(c1)nc(NC(=O)Cc1cc(C)on1)n2C1CCC1. The van der Waals surface area contributed by atoms with Crippen molar-refractivity contribution in [2.24, 2.45) is 0 Å². The fourth-order valence-electron chi connectivity index (χ4n) is 3.00. The maximum atomic E-state index is 12.3. The Morgan fingerprint density at radius 1 is 1.38 bits per heavy atom. The molecule has 0 aromatic carbocycles. The van der Waals surface area contributed by atoms with Crippen molar-refractivity contribution >= 4 is 23.0 Å². The normalized spacial score (nSPS) is 14.8. The van der Waals surface area contributed by atoms with Gasteiger partial charge in [0.2, 0.25) is 11.9 Å². The van der Waals surface area contributed by atoms with E-state index in [9.17, 15) is 4.79 Å². The first kappa shape index (κ1) is 14.9. The van der Waals surface area contributed by atoms with Crippen LogP contribution >= 0.6 is 0 Å². The number of carbonyl (C=O) groups excluding carboxylic acids is 1. The van der Waals surface area contributed by atoms with Crippen molar-refractivity contribution < 1.29 is 9.32 Å². The van der Waals surface area contributed by atoms with Crippen molar-refractivity contribution in [2.75, 3.05) is 5.32 Å². The van der Waals surface area contributed by atoms with Crippen LogP contribution in [0.4, 0.5) is 5.95 Å². The summed E-state index contributed by atoms with van der Waals surface area (Å²) in [5.41, 5.74) is 3.31. The number of hydrogen-bond acceptors (Lipinski definition) is 5. The molecule has 3 aromatic heterocycles. The van der Waals surface area contributed by atoms with Crippen LogP contribution in [0.2, 0.25) is 0 Å². The number of aryl methyl sites for hydroxylation is 2. The molecular formula is C17H19N5O2. The second kappa shape index (κ2) is 5.74. The molecule has 1 aliphatic rings. The lowest BCUT2D eigenvalue weighted by Gasteiger charge is -2.28. The second-order valence-electron chi connectivity index (χ2n) is 6.40. The Morgan fingerprint density at radius 3 is 2.88 bits per heavy atom. The molecule has 0 spiro atoms. The standard InChI is InChI=1S/C17H19N5O2/c1-10-6-14-16(18-9-10)22(13-4-3-5-13)17(19-14)20-15(23)8-12-7-11(2)24-21-12/h6-7,9,13H,3-5,8H2,1-2H3,(H,19,20,23). The van der Waals surface area contributed by atoms with Crippen molar-refractivity contribution in [3.8, 4) is 0 Å². The van der Waals surface area contributed by atoms with E-state index in [2.05, 4.69) is 25.0 Å². The third-order valence-corrected chi connectivity index (χ3v) is 4.38. The monoisotopic (exact) mass is 325 g/mol. The summed E-state index contributed by atoms with van der Waals surface area (Å²) in [6.07, 6.45) is 5.38.